The zero-order chi connectivity index (χ0) is 22.9. The zero-order valence-corrected chi connectivity index (χ0v) is 17.4. The van der Waals surface area contributed by atoms with Gasteiger partial charge < -0.3 is 14.8 Å². The highest BCUT2D eigenvalue weighted by Gasteiger charge is 2.25. The number of hydrogen-bond acceptors (Lipinski definition) is 6. The number of benzene rings is 3. The minimum Gasteiger partial charge on any atom is -0.497 e. The number of ether oxygens (including phenoxy) is 2. The van der Waals surface area contributed by atoms with Crippen molar-refractivity contribution < 1.29 is 28.2 Å². The van der Waals surface area contributed by atoms with Crippen LogP contribution in [0.4, 0.5) is 10.1 Å². The van der Waals surface area contributed by atoms with E-state index >= 15 is 0 Å². The minimum absolute atomic E-state index is 0.197. The number of Topliss-reactive ketones (excluding diaryl/α,β-unsaturated/α-hetero) is 2. The van der Waals surface area contributed by atoms with E-state index in [0.29, 0.717) is 22.6 Å². The molecule has 3 rings (SSSR count). The van der Waals surface area contributed by atoms with Crippen LogP contribution in [0.25, 0.3) is 0 Å². The number of carbonyl (C=O) groups excluding carboxylic acids is 3. The van der Waals surface area contributed by atoms with E-state index < -0.39 is 30.2 Å². The second-order valence-electron chi connectivity index (χ2n) is 6.96. The molecule has 3 aromatic rings. The third-order valence-electron chi connectivity index (χ3n) is 4.71. The van der Waals surface area contributed by atoms with Crippen molar-refractivity contribution in [1.82, 2.24) is 0 Å². The maximum Gasteiger partial charge on any atom is 0.329 e. The third kappa shape index (κ3) is 6.25. The SMILES string of the molecule is COc1ccc(C(=O)COC(=O)[C@H](CC(=O)c2ccccc2)Nc2ccc(F)cc2)cc1. The summed E-state index contributed by atoms with van der Waals surface area (Å²) in [6.07, 6.45) is -0.197. The fourth-order valence-electron chi connectivity index (χ4n) is 2.97. The van der Waals surface area contributed by atoms with Crippen molar-refractivity contribution in [1.29, 1.82) is 0 Å². The molecule has 0 aliphatic heterocycles. The van der Waals surface area contributed by atoms with Crippen LogP contribution in [0.1, 0.15) is 27.1 Å². The molecule has 0 fully saturated rings. The Morgan fingerprint density at radius 1 is 0.844 bits per heavy atom. The first kappa shape index (κ1) is 22.7. The summed E-state index contributed by atoms with van der Waals surface area (Å²) in [5.74, 6) is -1.26. The van der Waals surface area contributed by atoms with Crippen LogP contribution in [0.15, 0.2) is 78.9 Å². The van der Waals surface area contributed by atoms with Gasteiger partial charge in [-0.05, 0) is 48.5 Å². The quantitative estimate of drug-likeness (QED) is 0.377. The second-order valence-corrected chi connectivity index (χ2v) is 6.96. The summed E-state index contributed by atoms with van der Waals surface area (Å²) in [4.78, 5) is 37.7. The third-order valence-corrected chi connectivity index (χ3v) is 4.71. The topological polar surface area (TPSA) is 81.7 Å². The standard InChI is InChI=1S/C25H22FNO5/c1-31-21-13-7-18(8-14-21)24(29)16-32-25(30)22(27-20-11-9-19(26)10-12-20)15-23(28)17-5-3-2-4-6-17/h2-14,22,27H,15-16H2,1H3/t22-/m0/s1. The molecule has 0 spiro atoms. The summed E-state index contributed by atoms with van der Waals surface area (Å²) in [6, 6.07) is 19.2. The van der Waals surface area contributed by atoms with E-state index in [1.165, 1.54) is 31.4 Å². The molecule has 32 heavy (non-hydrogen) atoms. The van der Waals surface area contributed by atoms with Gasteiger partial charge in [-0.2, -0.15) is 0 Å². The van der Waals surface area contributed by atoms with Gasteiger partial charge in [0.2, 0.25) is 0 Å². The van der Waals surface area contributed by atoms with Crippen LogP contribution < -0.4 is 10.1 Å². The lowest BCUT2D eigenvalue weighted by Crippen LogP contribution is -2.34. The molecule has 6 nitrogen and oxygen atoms in total. The minimum atomic E-state index is -1.06. The lowest BCUT2D eigenvalue weighted by atomic mass is 10.0. The van der Waals surface area contributed by atoms with Crippen molar-refractivity contribution in [3.8, 4) is 5.75 Å². The largest absolute Gasteiger partial charge is 0.497 e. The Labute approximate surface area is 185 Å². The summed E-state index contributed by atoms with van der Waals surface area (Å²) < 4.78 is 23.5. The summed E-state index contributed by atoms with van der Waals surface area (Å²) >= 11 is 0. The number of carbonyl (C=O) groups is 3. The van der Waals surface area contributed by atoms with Crippen molar-refractivity contribution in [3.05, 3.63) is 95.8 Å². The molecule has 3 aromatic carbocycles. The molecular weight excluding hydrogens is 413 g/mol. The van der Waals surface area contributed by atoms with Gasteiger partial charge in [0.15, 0.2) is 18.2 Å². The molecule has 0 unspecified atom stereocenters. The molecule has 0 aliphatic carbocycles. The molecule has 0 amide bonds. The first-order valence-corrected chi connectivity index (χ1v) is 9.90. The van der Waals surface area contributed by atoms with Crippen LogP contribution in [-0.4, -0.2) is 37.3 Å². The highest BCUT2D eigenvalue weighted by molar-refractivity contribution is 6.01. The highest BCUT2D eigenvalue weighted by atomic mass is 19.1. The highest BCUT2D eigenvalue weighted by Crippen LogP contribution is 2.16. The number of rotatable bonds is 10. The van der Waals surface area contributed by atoms with E-state index in [1.54, 1.807) is 54.6 Å². The maximum absolute atomic E-state index is 13.2. The van der Waals surface area contributed by atoms with Crippen LogP contribution in [0.2, 0.25) is 0 Å². The number of esters is 1. The number of hydrogen-bond donors (Lipinski definition) is 1. The molecule has 1 atom stereocenters. The van der Waals surface area contributed by atoms with Crippen LogP contribution in [0.3, 0.4) is 0 Å². The lowest BCUT2D eigenvalue weighted by Gasteiger charge is -2.18. The number of halogens is 1. The van der Waals surface area contributed by atoms with Crippen molar-refractivity contribution in [3.63, 3.8) is 0 Å². The number of anilines is 1. The van der Waals surface area contributed by atoms with Crippen molar-refractivity contribution >= 4 is 23.2 Å². The van der Waals surface area contributed by atoms with Gasteiger partial charge in [0, 0.05) is 23.2 Å². The Kier molecular flexibility index (Phi) is 7.70. The number of nitrogens with one attached hydrogen (secondary N) is 1. The number of methoxy groups -OCH3 is 1. The molecule has 0 saturated heterocycles. The van der Waals surface area contributed by atoms with Crippen LogP contribution >= 0.6 is 0 Å². The molecule has 7 heteroatoms. The summed E-state index contributed by atoms with van der Waals surface area (Å²) in [5, 5.41) is 2.90. The Morgan fingerprint density at radius 2 is 1.47 bits per heavy atom. The molecule has 1 N–H and O–H groups in total. The van der Waals surface area contributed by atoms with Crippen LogP contribution in [0, 0.1) is 5.82 Å². The lowest BCUT2D eigenvalue weighted by molar-refractivity contribution is -0.143. The van der Waals surface area contributed by atoms with E-state index in [2.05, 4.69) is 5.32 Å². The first-order chi connectivity index (χ1) is 15.5. The van der Waals surface area contributed by atoms with Crippen LogP contribution in [0.5, 0.6) is 5.75 Å². The molecule has 0 aromatic heterocycles. The van der Waals surface area contributed by atoms with E-state index in [9.17, 15) is 18.8 Å². The van der Waals surface area contributed by atoms with Gasteiger partial charge in [0.1, 0.15) is 17.6 Å². The molecule has 0 saturated carbocycles. The average Bonchev–Trinajstić information content (AvgIpc) is 2.83. The second kappa shape index (κ2) is 10.9. The Hall–Kier alpha value is -4.00. The smallest absolute Gasteiger partial charge is 0.329 e. The van der Waals surface area contributed by atoms with E-state index in [-0.39, 0.29) is 12.2 Å². The van der Waals surface area contributed by atoms with E-state index in [0.717, 1.165) is 0 Å². The van der Waals surface area contributed by atoms with Crippen molar-refractivity contribution in [2.45, 2.75) is 12.5 Å². The van der Waals surface area contributed by atoms with Crippen molar-refractivity contribution in [2.24, 2.45) is 0 Å². The number of ketones is 2. The Bertz CT molecular complexity index is 1070. The van der Waals surface area contributed by atoms with Gasteiger partial charge in [-0.3, -0.25) is 9.59 Å². The van der Waals surface area contributed by atoms with Gasteiger partial charge in [-0.1, -0.05) is 30.3 Å². The Morgan fingerprint density at radius 3 is 2.09 bits per heavy atom. The molecular formula is C25H22FNO5. The van der Waals surface area contributed by atoms with Gasteiger partial charge in [-0.25, -0.2) is 9.18 Å². The van der Waals surface area contributed by atoms with Gasteiger partial charge in [-0.15, -0.1) is 0 Å². The van der Waals surface area contributed by atoms with Crippen LogP contribution in [-0.2, 0) is 9.53 Å². The van der Waals surface area contributed by atoms with Gasteiger partial charge >= 0.3 is 5.97 Å². The summed E-state index contributed by atoms with van der Waals surface area (Å²) in [6.45, 7) is -0.480. The summed E-state index contributed by atoms with van der Waals surface area (Å²) in [5.41, 5.74) is 1.25. The predicted octanol–water partition coefficient (Wildman–Crippen LogP) is 4.31. The normalized spacial score (nSPS) is 11.3. The molecule has 0 bridgehead atoms. The maximum atomic E-state index is 13.2. The fourth-order valence-corrected chi connectivity index (χ4v) is 2.97. The summed E-state index contributed by atoms with van der Waals surface area (Å²) in [7, 11) is 1.52. The van der Waals surface area contributed by atoms with E-state index in [1.807, 2.05) is 0 Å². The molecule has 0 radical (unpaired) electrons. The molecule has 0 aliphatic rings. The van der Waals surface area contributed by atoms with E-state index in [4.69, 9.17) is 9.47 Å². The average molecular weight is 435 g/mol. The zero-order valence-electron chi connectivity index (χ0n) is 17.4. The first-order valence-electron chi connectivity index (χ1n) is 9.90. The Balaban J connectivity index is 1.69. The monoisotopic (exact) mass is 435 g/mol. The van der Waals surface area contributed by atoms with Crippen molar-refractivity contribution in [2.75, 3.05) is 19.0 Å². The van der Waals surface area contributed by atoms with Gasteiger partial charge in [0.05, 0.1) is 7.11 Å². The van der Waals surface area contributed by atoms with Gasteiger partial charge in [0.25, 0.3) is 0 Å². The molecule has 0 heterocycles. The fraction of sp³-hybridized carbons (Fsp3) is 0.160. The molecule has 164 valence electrons. The predicted molar refractivity (Wildman–Crippen MR) is 117 cm³/mol.